The van der Waals surface area contributed by atoms with Crippen molar-refractivity contribution in [1.29, 1.82) is 0 Å². The highest BCUT2D eigenvalue weighted by atomic mass is 19.2. The second-order valence-electron chi connectivity index (χ2n) is 9.53. The van der Waals surface area contributed by atoms with Gasteiger partial charge in [0.05, 0.1) is 23.3 Å². The Hall–Kier alpha value is -4.13. The molecule has 0 radical (unpaired) electrons. The van der Waals surface area contributed by atoms with Crippen molar-refractivity contribution in [2.75, 3.05) is 23.4 Å². The van der Waals surface area contributed by atoms with E-state index in [4.69, 9.17) is 9.47 Å². The van der Waals surface area contributed by atoms with Gasteiger partial charge in [-0.15, -0.1) is 0 Å². The third-order valence-corrected chi connectivity index (χ3v) is 7.12. The van der Waals surface area contributed by atoms with Crippen LogP contribution in [0.1, 0.15) is 25.7 Å². The Morgan fingerprint density at radius 2 is 1.97 bits per heavy atom. The lowest BCUT2D eigenvalue weighted by molar-refractivity contribution is -0.118. The molecular formula is C25H24F2N6O5. The second kappa shape index (κ2) is 9.63. The molecule has 0 spiro atoms. The molecule has 0 unspecified atom stereocenters. The standard InChI is InChI=1S/C25H24F2N6O5/c26-14-9-16-18(10-15(14)27)32(23(35)11-29-16)7-1-6-28-13-2-3-17-20(8-13)38-25(36)33(17)21-5-4-19-24(30-21)31-22(34)12-37-19/h4-5,9-11,13,17,20,28H,1-3,6-8,12H2,(H,30,31,34)/t13-,17-,20-/m1/s1. The lowest BCUT2D eigenvalue weighted by Crippen LogP contribution is -2.46. The van der Waals surface area contributed by atoms with Gasteiger partial charge in [0.15, 0.2) is 29.8 Å². The summed E-state index contributed by atoms with van der Waals surface area (Å²) in [5, 5.41) is 6.11. The number of hydrogen-bond acceptors (Lipinski definition) is 8. The number of rotatable bonds is 6. The highest BCUT2D eigenvalue weighted by molar-refractivity contribution is 5.95. The van der Waals surface area contributed by atoms with Crippen LogP contribution in [-0.4, -0.2) is 57.9 Å². The number of ether oxygens (including phenoxy) is 2. The number of benzene rings is 1. The van der Waals surface area contributed by atoms with Gasteiger partial charge in [-0.05, 0) is 37.9 Å². The minimum absolute atomic E-state index is 0.0761. The number of aryl methyl sites for hydroxylation is 1. The van der Waals surface area contributed by atoms with Gasteiger partial charge in [-0.3, -0.25) is 14.5 Å². The number of carbonyl (C=O) groups is 2. The van der Waals surface area contributed by atoms with Crippen molar-refractivity contribution in [2.24, 2.45) is 0 Å². The number of fused-ring (bicyclic) bond motifs is 3. The Morgan fingerprint density at radius 1 is 1.13 bits per heavy atom. The lowest BCUT2D eigenvalue weighted by atomic mass is 9.88. The van der Waals surface area contributed by atoms with Gasteiger partial charge < -0.3 is 24.7 Å². The average molecular weight is 527 g/mol. The van der Waals surface area contributed by atoms with Crippen molar-refractivity contribution in [3.05, 3.63) is 52.5 Å². The van der Waals surface area contributed by atoms with E-state index in [1.54, 1.807) is 12.1 Å². The molecule has 2 aliphatic heterocycles. The molecule has 1 saturated carbocycles. The molecular weight excluding hydrogens is 502 g/mol. The summed E-state index contributed by atoms with van der Waals surface area (Å²) >= 11 is 0. The molecule has 2 N–H and O–H groups in total. The Kier molecular flexibility index (Phi) is 6.14. The normalized spacial score (nSPS) is 22.5. The first-order chi connectivity index (χ1) is 18.4. The Bertz CT molecular complexity index is 1500. The van der Waals surface area contributed by atoms with Crippen LogP contribution in [0.25, 0.3) is 11.0 Å². The first-order valence-electron chi connectivity index (χ1n) is 12.4. The van der Waals surface area contributed by atoms with Crippen LogP contribution in [0.3, 0.4) is 0 Å². The SMILES string of the molecule is O=C1COc2ccc(N3C(=O)O[C@@H]4C[C@H](NCCCn5c(=O)cnc6cc(F)c(F)cc65)CC[C@H]43)nc2N1. The summed E-state index contributed by atoms with van der Waals surface area (Å²) in [6.07, 6.45) is 2.97. The molecule has 2 amide bonds. The number of amides is 2. The molecule has 2 fully saturated rings. The number of halogens is 2. The molecule has 3 aliphatic rings. The summed E-state index contributed by atoms with van der Waals surface area (Å²) in [7, 11) is 0. The third-order valence-electron chi connectivity index (χ3n) is 7.12. The van der Waals surface area contributed by atoms with Gasteiger partial charge in [0.25, 0.3) is 11.5 Å². The van der Waals surface area contributed by atoms with Crippen molar-refractivity contribution >= 4 is 34.7 Å². The zero-order valence-electron chi connectivity index (χ0n) is 20.2. The quantitative estimate of drug-likeness (QED) is 0.469. The molecule has 11 nitrogen and oxygen atoms in total. The van der Waals surface area contributed by atoms with Gasteiger partial charge in [0.2, 0.25) is 0 Å². The summed E-state index contributed by atoms with van der Waals surface area (Å²) in [5.41, 5.74) is 0.0754. The summed E-state index contributed by atoms with van der Waals surface area (Å²) < 4.78 is 39.7. The minimum Gasteiger partial charge on any atom is -0.480 e. The number of carbonyl (C=O) groups excluding carboxylic acids is 2. The highest BCUT2D eigenvalue weighted by Gasteiger charge is 2.46. The van der Waals surface area contributed by atoms with Crippen LogP contribution in [0.15, 0.2) is 35.3 Å². The number of hydrogen-bond donors (Lipinski definition) is 2. The second-order valence-corrected chi connectivity index (χ2v) is 9.53. The fourth-order valence-electron chi connectivity index (χ4n) is 5.33. The van der Waals surface area contributed by atoms with E-state index in [-0.39, 0.29) is 53.1 Å². The van der Waals surface area contributed by atoms with Crippen LogP contribution < -0.4 is 25.8 Å². The van der Waals surface area contributed by atoms with E-state index in [0.717, 1.165) is 24.8 Å². The van der Waals surface area contributed by atoms with Crippen molar-refractivity contribution in [3.8, 4) is 5.75 Å². The summed E-state index contributed by atoms with van der Waals surface area (Å²) in [4.78, 5) is 46.5. The van der Waals surface area contributed by atoms with Crippen LogP contribution in [-0.2, 0) is 16.1 Å². The third kappa shape index (κ3) is 4.42. The molecule has 3 aromatic rings. The monoisotopic (exact) mass is 526 g/mol. The van der Waals surface area contributed by atoms with Gasteiger partial charge in [-0.2, -0.15) is 0 Å². The topological polar surface area (TPSA) is 128 Å². The maximum atomic E-state index is 13.8. The molecule has 6 rings (SSSR count). The maximum absolute atomic E-state index is 13.8. The first kappa shape index (κ1) is 24.2. The number of anilines is 2. The van der Waals surface area contributed by atoms with Gasteiger partial charge in [-0.25, -0.2) is 23.5 Å². The molecule has 4 heterocycles. The Labute approximate surface area is 214 Å². The van der Waals surface area contributed by atoms with E-state index >= 15 is 0 Å². The lowest BCUT2D eigenvalue weighted by Gasteiger charge is -2.33. The largest absolute Gasteiger partial charge is 0.480 e. The average Bonchev–Trinajstić information content (AvgIpc) is 3.23. The summed E-state index contributed by atoms with van der Waals surface area (Å²) in [6.45, 7) is 0.806. The first-order valence-corrected chi connectivity index (χ1v) is 12.4. The molecule has 1 aromatic carbocycles. The van der Waals surface area contributed by atoms with E-state index < -0.39 is 17.7 Å². The molecule has 0 bridgehead atoms. The van der Waals surface area contributed by atoms with Crippen LogP contribution in [0, 0.1) is 11.6 Å². The summed E-state index contributed by atoms with van der Waals surface area (Å²) in [6, 6.07) is 5.25. The molecule has 2 aromatic heterocycles. The zero-order valence-corrected chi connectivity index (χ0v) is 20.2. The van der Waals surface area contributed by atoms with E-state index in [0.29, 0.717) is 43.9 Å². The van der Waals surface area contributed by atoms with Crippen molar-refractivity contribution in [3.63, 3.8) is 0 Å². The zero-order chi connectivity index (χ0) is 26.4. The fraction of sp³-hybridized carbons (Fsp3) is 0.400. The molecule has 198 valence electrons. The van der Waals surface area contributed by atoms with Crippen LogP contribution in [0.5, 0.6) is 5.75 Å². The van der Waals surface area contributed by atoms with Crippen LogP contribution in [0.2, 0.25) is 0 Å². The van der Waals surface area contributed by atoms with E-state index in [9.17, 15) is 23.2 Å². The van der Waals surface area contributed by atoms with Crippen molar-refractivity contribution in [1.82, 2.24) is 19.9 Å². The molecule has 13 heteroatoms. The molecule has 1 aliphatic carbocycles. The smallest absolute Gasteiger partial charge is 0.416 e. The fourth-order valence-corrected chi connectivity index (χ4v) is 5.33. The number of nitrogens with one attached hydrogen (secondary N) is 2. The van der Waals surface area contributed by atoms with E-state index in [1.165, 1.54) is 9.47 Å². The van der Waals surface area contributed by atoms with E-state index in [1.807, 2.05) is 0 Å². The molecule has 1 saturated heterocycles. The maximum Gasteiger partial charge on any atom is 0.416 e. The molecule has 3 atom stereocenters. The summed E-state index contributed by atoms with van der Waals surface area (Å²) in [5.74, 6) is -1.23. The molecule has 38 heavy (non-hydrogen) atoms. The van der Waals surface area contributed by atoms with Gasteiger partial charge in [0.1, 0.15) is 11.9 Å². The van der Waals surface area contributed by atoms with Gasteiger partial charge >= 0.3 is 6.09 Å². The Morgan fingerprint density at radius 3 is 2.84 bits per heavy atom. The predicted molar refractivity (Wildman–Crippen MR) is 131 cm³/mol. The van der Waals surface area contributed by atoms with Crippen LogP contribution >= 0.6 is 0 Å². The van der Waals surface area contributed by atoms with Crippen molar-refractivity contribution < 1.29 is 27.8 Å². The number of pyridine rings is 1. The minimum atomic E-state index is -1.03. The number of aromatic nitrogens is 3. The van der Waals surface area contributed by atoms with E-state index in [2.05, 4.69) is 20.6 Å². The van der Waals surface area contributed by atoms with Crippen LogP contribution in [0.4, 0.5) is 25.2 Å². The predicted octanol–water partition coefficient (Wildman–Crippen LogP) is 2.33. The van der Waals surface area contributed by atoms with Crippen molar-refractivity contribution in [2.45, 2.75) is 50.4 Å². The van der Waals surface area contributed by atoms with Gasteiger partial charge in [0, 0.05) is 31.1 Å². The van der Waals surface area contributed by atoms with Gasteiger partial charge in [-0.1, -0.05) is 0 Å². The number of nitrogens with zero attached hydrogens (tertiary/aromatic N) is 4. The highest BCUT2D eigenvalue weighted by Crippen LogP contribution is 2.37. The Balaban J connectivity index is 1.06.